The number of amides is 1. The Labute approximate surface area is 181 Å². The van der Waals surface area contributed by atoms with E-state index in [4.69, 9.17) is 9.47 Å². The number of carbonyl (C=O) groups excluding carboxylic acids is 2. The zero-order chi connectivity index (χ0) is 22.9. The fraction of sp³-hybridized carbons (Fsp3) is 0.100. The Kier molecular flexibility index (Phi) is 7.09. The molecule has 164 valence electrons. The van der Waals surface area contributed by atoms with E-state index in [1.54, 1.807) is 42.5 Å². The molecule has 0 aliphatic rings. The molecule has 12 nitrogen and oxygen atoms in total. The van der Waals surface area contributed by atoms with Gasteiger partial charge >= 0.3 is 11.7 Å². The van der Waals surface area contributed by atoms with Crippen LogP contribution < -0.4 is 20.9 Å². The molecule has 0 unspecified atom stereocenters. The number of rotatable bonds is 9. The van der Waals surface area contributed by atoms with Gasteiger partial charge in [0.1, 0.15) is 12.1 Å². The summed E-state index contributed by atoms with van der Waals surface area (Å²) in [5.74, 6) is -1.19. The zero-order valence-electron chi connectivity index (χ0n) is 16.8. The van der Waals surface area contributed by atoms with Crippen molar-refractivity contribution >= 4 is 34.9 Å². The first-order chi connectivity index (χ1) is 15.5. The van der Waals surface area contributed by atoms with Gasteiger partial charge in [-0.15, -0.1) is 0 Å². The summed E-state index contributed by atoms with van der Waals surface area (Å²) in [6, 6.07) is 14.9. The lowest BCUT2D eigenvalue weighted by Gasteiger charge is -2.12. The molecule has 3 N–H and O–H groups in total. The van der Waals surface area contributed by atoms with Gasteiger partial charge in [-0.2, -0.15) is 0 Å². The summed E-state index contributed by atoms with van der Waals surface area (Å²) in [6.45, 7) is -0.326. The van der Waals surface area contributed by atoms with E-state index in [0.29, 0.717) is 5.75 Å². The summed E-state index contributed by atoms with van der Waals surface area (Å²) in [4.78, 5) is 42.6. The molecule has 12 heteroatoms. The predicted octanol–water partition coefficient (Wildman–Crippen LogP) is 2.44. The third kappa shape index (κ3) is 5.44. The van der Waals surface area contributed by atoms with Crippen LogP contribution in [0, 0.1) is 10.1 Å². The molecule has 0 saturated carbocycles. The number of nitro groups is 1. The highest BCUT2D eigenvalue weighted by molar-refractivity contribution is 5.96. The average Bonchev–Trinajstić information content (AvgIpc) is 2.81. The van der Waals surface area contributed by atoms with Crippen LogP contribution >= 0.6 is 0 Å². The molecule has 0 fully saturated rings. The van der Waals surface area contributed by atoms with Gasteiger partial charge in [0.05, 0.1) is 23.3 Å². The van der Waals surface area contributed by atoms with Gasteiger partial charge in [0.2, 0.25) is 11.6 Å². The van der Waals surface area contributed by atoms with Gasteiger partial charge in [-0.25, -0.2) is 14.8 Å². The maximum absolute atomic E-state index is 12.0. The number of hydrogen-bond donors (Lipinski definition) is 3. The molecule has 32 heavy (non-hydrogen) atoms. The van der Waals surface area contributed by atoms with Crippen LogP contribution in [0.5, 0.6) is 5.75 Å². The number of aromatic nitrogens is 2. The topological polar surface area (TPSA) is 158 Å². The first kappa shape index (κ1) is 22.0. The van der Waals surface area contributed by atoms with E-state index in [1.165, 1.54) is 19.2 Å². The molecule has 0 radical (unpaired) electrons. The first-order valence-electron chi connectivity index (χ1n) is 9.16. The standard InChI is InChI=1S/C20H18N6O6/c1-31-20(28)14-9-5-6-10-15(14)23-18-17(26(29)30)19(22-12-21-18)25-24-16(27)11-32-13-7-3-2-4-8-13/h2-10,12H,11H2,1H3,(H,24,27)(H2,21,22,23,25). The summed E-state index contributed by atoms with van der Waals surface area (Å²) in [5, 5.41) is 14.4. The number of hydrogen-bond acceptors (Lipinski definition) is 10. The Balaban J connectivity index is 1.75. The van der Waals surface area contributed by atoms with Crippen LogP contribution in [0.3, 0.4) is 0 Å². The van der Waals surface area contributed by atoms with Crippen molar-refractivity contribution in [1.29, 1.82) is 0 Å². The van der Waals surface area contributed by atoms with E-state index < -0.39 is 22.5 Å². The minimum atomic E-state index is -0.724. The van der Waals surface area contributed by atoms with Crippen LogP contribution in [0.15, 0.2) is 60.9 Å². The monoisotopic (exact) mass is 438 g/mol. The number of carbonyl (C=O) groups is 2. The van der Waals surface area contributed by atoms with Crippen LogP contribution in [-0.4, -0.2) is 40.5 Å². The van der Waals surface area contributed by atoms with Gasteiger partial charge in [0.25, 0.3) is 5.91 Å². The summed E-state index contributed by atoms with van der Waals surface area (Å²) in [7, 11) is 1.22. The van der Waals surface area contributed by atoms with Crippen molar-refractivity contribution in [3.05, 3.63) is 76.6 Å². The van der Waals surface area contributed by atoms with Gasteiger partial charge in [0, 0.05) is 0 Å². The summed E-state index contributed by atoms with van der Waals surface area (Å²) in [6.07, 6.45) is 1.06. The molecule has 3 rings (SSSR count). The van der Waals surface area contributed by atoms with Crippen LogP contribution in [-0.2, 0) is 9.53 Å². The molecular weight excluding hydrogens is 420 g/mol. The molecule has 3 aromatic rings. The largest absolute Gasteiger partial charge is 0.484 e. The Bertz CT molecular complexity index is 1120. The number of benzene rings is 2. The van der Waals surface area contributed by atoms with Crippen molar-refractivity contribution in [3.8, 4) is 5.75 Å². The number of hydrazine groups is 1. The van der Waals surface area contributed by atoms with Crippen LogP contribution in [0.2, 0.25) is 0 Å². The highest BCUT2D eigenvalue weighted by atomic mass is 16.6. The van der Waals surface area contributed by atoms with Crippen LogP contribution in [0.1, 0.15) is 10.4 Å². The van der Waals surface area contributed by atoms with Gasteiger partial charge < -0.3 is 14.8 Å². The molecule has 0 atom stereocenters. The van der Waals surface area contributed by atoms with Gasteiger partial charge in [0.15, 0.2) is 6.61 Å². The number of nitrogens with zero attached hydrogens (tertiary/aromatic N) is 3. The molecular formula is C20H18N6O6. The molecule has 0 saturated heterocycles. The first-order valence-corrected chi connectivity index (χ1v) is 9.16. The minimum absolute atomic E-state index is 0.156. The lowest BCUT2D eigenvalue weighted by molar-refractivity contribution is -0.383. The van der Waals surface area contributed by atoms with Gasteiger partial charge in [-0.05, 0) is 24.3 Å². The highest BCUT2D eigenvalue weighted by Gasteiger charge is 2.25. The maximum atomic E-state index is 12.0. The van der Waals surface area contributed by atoms with Gasteiger partial charge in [-0.3, -0.25) is 25.8 Å². The number of esters is 1. The SMILES string of the molecule is COC(=O)c1ccccc1Nc1ncnc(NNC(=O)COc2ccccc2)c1[N+](=O)[O-]. The lowest BCUT2D eigenvalue weighted by Crippen LogP contribution is -2.34. The summed E-state index contributed by atoms with van der Waals surface area (Å²) < 4.78 is 10.0. The highest BCUT2D eigenvalue weighted by Crippen LogP contribution is 2.31. The molecule has 0 aliphatic carbocycles. The second-order valence-electron chi connectivity index (χ2n) is 6.11. The van der Waals surface area contributed by atoms with Crippen LogP contribution in [0.25, 0.3) is 0 Å². The summed E-state index contributed by atoms with van der Waals surface area (Å²) in [5.41, 5.74) is 4.54. The fourth-order valence-electron chi connectivity index (χ4n) is 2.57. The normalized spacial score (nSPS) is 10.0. The lowest BCUT2D eigenvalue weighted by atomic mass is 10.2. The number of ether oxygens (including phenoxy) is 2. The van der Waals surface area contributed by atoms with Crippen molar-refractivity contribution in [2.24, 2.45) is 0 Å². The van der Waals surface area contributed by atoms with E-state index in [0.717, 1.165) is 6.33 Å². The second-order valence-corrected chi connectivity index (χ2v) is 6.11. The molecule has 1 heterocycles. The number of methoxy groups -OCH3 is 1. The average molecular weight is 438 g/mol. The molecule has 1 amide bonds. The molecule has 2 aromatic carbocycles. The number of para-hydroxylation sites is 2. The molecule has 1 aromatic heterocycles. The van der Waals surface area contributed by atoms with E-state index in [2.05, 4.69) is 26.1 Å². The predicted molar refractivity (Wildman–Crippen MR) is 113 cm³/mol. The van der Waals surface area contributed by atoms with E-state index in [9.17, 15) is 19.7 Å². The second kappa shape index (κ2) is 10.3. The number of anilines is 3. The smallest absolute Gasteiger partial charge is 0.355 e. The Hall–Kier alpha value is -4.74. The minimum Gasteiger partial charge on any atom is -0.484 e. The third-order valence-corrected chi connectivity index (χ3v) is 4.02. The van der Waals surface area contributed by atoms with Crippen molar-refractivity contribution in [3.63, 3.8) is 0 Å². The summed E-state index contributed by atoms with van der Waals surface area (Å²) >= 11 is 0. The molecule has 0 bridgehead atoms. The Morgan fingerprint density at radius 3 is 2.44 bits per heavy atom. The van der Waals surface area contributed by atoms with Crippen molar-refractivity contribution < 1.29 is 24.0 Å². The third-order valence-electron chi connectivity index (χ3n) is 4.02. The van der Waals surface area contributed by atoms with Gasteiger partial charge in [-0.1, -0.05) is 30.3 Å². The zero-order valence-corrected chi connectivity index (χ0v) is 16.8. The fourth-order valence-corrected chi connectivity index (χ4v) is 2.57. The van der Waals surface area contributed by atoms with Crippen LogP contribution in [0.4, 0.5) is 23.0 Å². The van der Waals surface area contributed by atoms with E-state index in [1.807, 2.05) is 0 Å². The molecule has 0 aliphatic heterocycles. The van der Waals surface area contributed by atoms with E-state index in [-0.39, 0.29) is 29.5 Å². The number of nitrogens with one attached hydrogen (secondary N) is 3. The van der Waals surface area contributed by atoms with Crippen molar-refractivity contribution in [2.75, 3.05) is 24.5 Å². The van der Waals surface area contributed by atoms with Crippen molar-refractivity contribution in [2.45, 2.75) is 0 Å². The Morgan fingerprint density at radius 2 is 1.72 bits per heavy atom. The molecule has 0 spiro atoms. The van der Waals surface area contributed by atoms with E-state index >= 15 is 0 Å². The maximum Gasteiger partial charge on any atom is 0.355 e. The quantitative estimate of drug-likeness (QED) is 0.257. The van der Waals surface area contributed by atoms with Crippen molar-refractivity contribution in [1.82, 2.24) is 15.4 Å². The Morgan fingerprint density at radius 1 is 1.03 bits per heavy atom.